The fraction of sp³-hybridized carbons (Fsp3) is 0.727. The van der Waals surface area contributed by atoms with Crippen LogP contribution in [0, 0.1) is 0 Å². The molecule has 2 N–H and O–H groups in total. The minimum absolute atomic E-state index is 0. The summed E-state index contributed by atoms with van der Waals surface area (Å²) < 4.78 is 33.6. The number of hydrogen-bond acceptors (Lipinski definition) is 5. The van der Waals surface area contributed by atoms with Gasteiger partial charge in [-0.2, -0.15) is 5.10 Å². The lowest BCUT2D eigenvalue weighted by Gasteiger charge is -2.11. The second-order valence-corrected chi connectivity index (χ2v) is 6.48. The molecule has 0 aromatic carbocycles. The van der Waals surface area contributed by atoms with Crippen LogP contribution in [0.3, 0.4) is 0 Å². The summed E-state index contributed by atoms with van der Waals surface area (Å²) in [6.07, 6.45) is 3.81. The molecule has 1 aliphatic heterocycles. The lowest BCUT2D eigenvalue weighted by atomic mass is 10.3. The van der Waals surface area contributed by atoms with Gasteiger partial charge in [0.1, 0.15) is 4.90 Å². The van der Waals surface area contributed by atoms with Gasteiger partial charge in [0.25, 0.3) is 0 Å². The van der Waals surface area contributed by atoms with E-state index in [9.17, 15) is 8.42 Å². The molecular weight excluding hydrogens is 304 g/mol. The third kappa shape index (κ3) is 4.16. The first kappa shape index (κ1) is 17.4. The molecule has 2 heterocycles. The minimum atomic E-state index is -3.49. The van der Waals surface area contributed by atoms with Crippen LogP contribution in [0.15, 0.2) is 17.3 Å². The molecule has 0 aliphatic carbocycles. The number of rotatable bonds is 6. The number of halogens is 1. The Labute approximate surface area is 125 Å². The molecule has 2 atom stereocenters. The molecule has 1 fully saturated rings. The van der Waals surface area contributed by atoms with Crippen molar-refractivity contribution in [3.05, 3.63) is 12.4 Å². The summed E-state index contributed by atoms with van der Waals surface area (Å²) in [6.45, 7) is 3.54. The van der Waals surface area contributed by atoms with E-state index >= 15 is 0 Å². The first-order valence-corrected chi connectivity index (χ1v) is 7.80. The highest BCUT2D eigenvalue weighted by atomic mass is 35.5. The van der Waals surface area contributed by atoms with Crippen LogP contribution in [0.2, 0.25) is 0 Å². The van der Waals surface area contributed by atoms with Gasteiger partial charge in [-0.15, -0.1) is 12.4 Å². The van der Waals surface area contributed by atoms with E-state index in [0.717, 1.165) is 6.42 Å². The van der Waals surface area contributed by atoms with Crippen LogP contribution in [0.5, 0.6) is 0 Å². The summed E-state index contributed by atoms with van der Waals surface area (Å²) in [5.74, 6) is 0. The largest absolute Gasteiger partial charge is 0.379 e. The molecule has 1 saturated heterocycles. The monoisotopic (exact) mass is 324 g/mol. The molecule has 7 nitrogen and oxygen atoms in total. The minimum Gasteiger partial charge on any atom is -0.379 e. The highest BCUT2D eigenvalue weighted by molar-refractivity contribution is 7.89. The number of hydrogen-bond donors (Lipinski definition) is 2. The van der Waals surface area contributed by atoms with E-state index in [2.05, 4.69) is 15.1 Å². The van der Waals surface area contributed by atoms with Gasteiger partial charge in [-0.25, -0.2) is 13.1 Å². The van der Waals surface area contributed by atoms with E-state index in [-0.39, 0.29) is 29.4 Å². The van der Waals surface area contributed by atoms with Crippen molar-refractivity contribution in [3.8, 4) is 0 Å². The van der Waals surface area contributed by atoms with E-state index < -0.39 is 10.0 Å². The van der Waals surface area contributed by atoms with E-state index in [1.165, 1.54) is 6.20 Å². The summed E-state index contributed by atoms with van der Waals surface area (Å²) in [5.41, 5.74) is 0. The number of aromatic nitrogens is 2. The average molecular weight is 325 g/mol. The first-order valence-electron chi connectivity index (χ1n) is 6.32. The Morgan fingerprint density at radius 2 is 2.35 bits per heavy atom. The molecule has 0 radical (unpaired) electrons. The molecule has 1 aliphatic rings. The Morgan fingerprint density at radius 3 is 2.95 bits per heavy atom. The number of nitrogens with one attached hydrogen (secondary N) is 2. The zero-order chi connectivity index (χ0) is 13.9. The molecule has 9 heteroatoms. The maximum absolute atomic E-state index is 12.1. The molecule has 20 heavy (non-hydrogen) atoms. The topological polar surface area (TPSA) is 85.3 Å². The first-order chi connectivity index (χ1) is 9.03. The van der Waals surface area contributed by atoms with Crippen molar-refractivity contribution in [3.63, 3.8) is 0 Å². The maximum atomic E-state index is 12.1. The van der Waals surface area contributed by atoms with Crippen molar-refractivity contribution in [1.82, 2.24) is 19.8 Å². The van der Waals surface area contributed by atoms with Crippen LogP contribution in [0.1, 0.15) is 19.4 Å². The van der Waals surface area contributed by atoms with Crippen LogP contribution in [-0.2, 0) is 14.8 Å². The van der Waals surface area contributed by atoms with E-state index in [1.54, 1.807) is 17.9 Å². The Hall–Kier alpha value is -0.670. The second kappa shape index (κ2) is 7.37. The smallest absolute Gasteiger partial charge is 0.243 e. The van der Waals surface area contributed by atoms with Crippen LogP contribution >= 0.6 is 12.4 Å². The van der Waals surface area contributed by atoms with Crippen molar-refractivity contribution in [1.29, 1.82) is 0 Å². The van der Waals surface area contributed by atoms with Crippen LogP contribution in [0.4, 0.5) is 0 Å². The molecule has 0 amide bonds. The van der Waals surface area contributed by atoms with Crippen LogP contribution < -0.4 is 10.0 Å². The van der Waals surface area contributed by atoms with Gasteiger partial charge in [-0.3, -0.25) is 4.68 Å². The fourth-order valence-corrected chi connectivity index (χ4v) is 2.88. The molecule has 2 unspecified atom stereocenters. The van der Waals surface area contributed by atoms with Gasteiger partial charge >= 0.3 is 0 Å². The van der Waals surface area contributed by atoms with Gasteiger partial charge in [0.15, 0.2) is 0 Å². The Balaban J connectivity index is 0.00000200. The zero-order valence-electron chi connectivity index (χ0n) is 11.6. The van der Waals surface area contributed by atoms with E-state index in [1.807, 2.05) is 6.92 Å². The van der Waals surface area contributed by atoms with Gasteiger partial charge < -0.3 is 10.1 Å². The Morgan fingerprint density at radius 1 is 1.60 bits per heavy atom. The van der Waals surface area contributed by atoms with Crippen molar-refractivity contribution in [2.24, 2.45) is 0 Å². The quantitative estimate of drug-likeness (QED) is 0.778. The second-order valence-electron chi connectivity index (χ2n) is 4.72. The van der Waals surface area contributed by atoms with Crippen molar-refractivity contribution in [2.75, 3.05) is 26.8 Å². The summed E-state index contributed by atoms with van der Waals surface area (Å²) in [4.78, 5) is 0.197. The molecule has 1 aromatic rings. The number of likely N-dealkylation sites (N-methyl/N-ethyl adjacent to an activating group) is 1. The Kier molecular flexibility index (Phi) is 6.41. The SMILES string of the molecule is CNC(C)CNS(=O)(=O)c1cnn(C2CCOC2)c1.Cl. The summed E-state index contributed by atoms with van der Waals surface area (Å²) in [6, 6.07) is 0.216. The lowest BCUT2D eigenvalue weighted by molar-refractivity contribution is 0.184. The zero-order valence-corrected chi connectivity index (χ0v) is 13.2. The molecule has 1 aromatic heterocycles. The van der Waals surface area contributed by atoms with E-state index in [0.29, 0.717) is 19.8 Å². The van der Waals surface area contributed by atoms with Gasteiger partial charge in [-0.1, -0.05) is 0 Å². The van der Waals surface area contributed by atoms with Gasteiger partial charge in [0.2, 0.25) is 10.0 Å². The molecule has 0 bridgehead atoms. The molecular formula is C11H21ClN4O3S. The highest BCUT2D eigenvalue weighted by Crippen LogP contribution is 2.19. The van der Waals surface area contributed by atoms with Gasteiger partial charge in [0, 0.05) is 25.4 Å². The highest BCUT2D eigenvalue weighted by Gasteiger charge is 2.22. The van der Waals surface area contributed by atoms with Crippen LogP contribution in [0.25, 0.3) is 0 Å². The molecule has 2 rings (SSSR count). The lowest BCUT2D eigenvalue weighted by Crippen LogP contribution is -2.37. The summed E-state index contributed by atoms with van der Waals surface area (Å²) >= 11 is 0. The van der Waals surface area contributed by atoms with E-state index in [4.69, 9.17) is 4.74 Å². The fourth-order valence-electron chi connectivity index (χ4n) is 1.81. The van der Waals surface area contributed by atoms with Crippen LogP contribution in [-0.4, -0.2) is 51.0 Å². The summed E-state index contributed by atoms with van der Waals surface area (Å²) in [5, 5.41) is 7.09. The summed E-state index contributed by atoms with van der Waals surface area (Å²) in [7, 11) is -1.70. The van der Waals surface area contributed by atoms with Gasteiger partial charge in [0.05, 0.1) is 18.8 Å². The molecule has 0 saturated carbocycles. The number of nitrogens with zero attached hydrogens (tertiary/aromatic N) is 2. The normalized spacial score (nSPS) is 20.6. The predicted octanol–water partition coefficient (Wildman–Crippen LogP) is 0.153. The van der Waals surface area contributed by atoms with Gasteiger partial charge in [-0.05, 0) is 20.4 Å². The maximum Gasteiger partial charge on any atom is 0.243 e. The molecule has 0 spiro atoms. The Bertz CT molecular complexity index is 513. The third-order valence-corrected chi connectivity index (χ3v) is 4.62. The van der Waals surface area contributed by atoms with Crippen molar-refractivity contribution in [2.45, 2.75) is 30.3 Å². The standard InChI is InChI=1S/C11H20N4O3S.ClH/c1-9(12-2)5-14-19(16,17)11-6-13-15(7-11)10-3-4-18-8-10;/h6-7,9-10,12,14H,3-5,8H2,1-2H3;1H. The number of ether oxygens (including phenoxy) is 1. The number of sulfonamides is 1. The average Bonchev–Trinajstić information content (AvgIpc) is 3.05. The molecule has 116 valence electrons. The predicted molar refractivity (Wildman–Crippen MR) is 77.7 cm³/mol. The third-order valence-electron chi connectivity index (χ3n) is 3.24. The van der Waals surface area contributed by atoms with Crippen molar-refractivity contribution >= 4 is 22.4 Å². The van der Waals surface area contributed by atoms with Crippen molar-refractivity contribution < 1.29 is 13.2 Å².